The number of anilines is 2. The molecule has 0 fully saturated rings. The van der Waals surface area contributed by atoms with Crippen LogP contribution in [0.3, 0.4) is 0 Å². The van der Waals surface area contributed by atoms with E-state index >= 15 is 0 Å². The summed E-state index contributed by atoms with van der Waals surface area (Å²) in [5.74, 6) is 0.109. The number of unbranched alkanes of at least 4 members (excludes halogenated alkanes) is 1. The van der Waals surface area contributed by atoms with Gasteiger partial charge in [-0.3, -0.25) is 0 Å². The summed E-state index contributed by atoms with van der Waals surface area (Å²) < 4.78 is 39.5. The SMILES string of the molecule is Cc1cccc(C)c1-c1cc(OCCCCNC(=O)OC(C)(C)C)nc(NS(=O)(=O)c2cccc(N)c2)n1. The fourth-order valence-corrected chi connectivity index (χ4v) is 4.66. The van der Waals surface area contributed by atoms with Crippen molar-refractivity contribution in [1.82, 2.24) is 15.3 Å². The summed E-state index contributed by atoms with van der Waals surface area (Å²) in [6.07, 6.45) is 0.816. The van der Waals surface area contributed by atoms with Crippen LogP contribution in [-0.4, -0.2) is 43.2 Å². The number of benzene rings is 2. The molecular formula is C27H35N5O5S. The van der Waals surface area contributed by atoms with Crippen LogP contribution in [0.25, 0.3) is 11.3 Å². The van der Waals surface area contributed by atoms with Crippen LogP contribution >= 0.6 is 0 Å². The number of ether oxygens (including phenoxy) is 2. The van der Waals surface area contributed by atoms with Crippen molar-refractivity contribution in [2.45, 2.75) is 58.0 Å². The number of sulfonamides is 1. The Morgan fingerprint density at radius 3 is 2.34 bits per heavy atom. The average molecular weight is 542 g/mol. The van der Waals surface area contributed by atoms with Crippen molar-refractivity contribution >= 4 is 27.8 Å². The average Bonchev–Trinajstić information content (AvgIpc) is 2.80. The second-order valence-corrected chi connectivity index (χ2v) is 11.5. The van der Waals surface area contributed by atoms with Gasteiger partial charge in [-0.2, -0.15) is 4.98 Å². The second-order valence-electron chi connectivity index (χ2n) is 9.84. The van der Waals surface area contributed by atoms with Gasteiger partial charge < -0.3 is 20.5 Å². The van der Waals surface area contributed by atoms with Gasteiger partial charge in [0.25, 0.3) is 10.0 Å². The van der Waals surface area contributed by atoms with Crippen molar-refractivity contribution in [3.63, 3.8) is 0 Å². The Morgan fingerprint density at radius 1 is 1.00 bits per heavy atom. The van der Waals surface area contributed by atoms with E-state index in [0.29, 0.717) is 37.4 Å². The Morgan fingerprint density at radius 2 is 1.68 bits per heavy atom. The summed E-state index contributed by atoms with van der Waals surface area (Å²) >= 11 is 0. The van der Waals surface area contributed by atoms with Gasteiger partial charge in [0.1, 0.15) is 5.60 Å². The van der Waals surface area contributed by atoms with Crippen molar-refractivity contribution in [3.8, 4) is 17.1 Å². The molecule has 4 N–H and O–H groups in total. The molecule has 2 aromatic carbocycles. The normalized spacial score (nSPS) is 11.6. The second kappa shape index (κ2) is 12.1. The first kappa shape index (κ1) is 28.7. The van der Waals surface area contributed by atoms with Crippen LogP contribution in [0.15, 0.2) is 53.4 Å². The summed E-state index contributed by atoms with van der Waals surface area (Å²) in [6, 6.07) is 13.5. The largest absolute Gasteiger partial charge is 0.478 e. The molecule has 3 rings (SSSR count). The number of nitrogens with zero attached hydrogens (tertiary/aromatic N) is 2. The number of rotatable bonds is 10. The van der Waals surface area contributed by atoms with E-state index < -0.39 is 21.7 Å². The number of hydrogen-bond acceptors (Lipinski definition) is 8. The van der Waals surface area contributed by atoms with E-state index in [9.17, 15) is 13.2 Å². The zero-order valence-electron chi connectivity index (χ0n) is 22.4. The van der Waals surface area contributed by atoms with Crippen molar-refractivity contribution < 1.29 is 22.7 Å². The highest BCUT2D eigenvalue weighted by molar-refractivity contribution is 7.92. The van der Waals surface area contributed by atoms with E-state index in [1.54, 1.807) is 39.0 Å². The quantitative estimate of drug-likeness (QED) is 0.244. The molecule has 38 heavy (non-hydrogen) atoms. The minimum atomic E-state index is -3.99. The predicted molar refractivity (Wildman–Crippen MR) is 148 cm³/mol. The number of nitrogens with one attached hydrogen (secondary N) is 2. The molecule has 0 aliphatic heterocycles. The van der Waals surface area contributed by atoms with Crippen LogP contribution in [-0.2, 0) is 14.8 Å². The monoisotopic (exact) mass is 541 g/mol. The van der Waals surface area contributed by atoms with E-state index in [-0.39, 0.29) is 16.7 Å². The first-order valence-corrected chi connectivity index (χ1v) is 13.8. The molecule has 0 unspecified atom stereocenters. The Bertz CT molecular complexity index is 1370. The maximum Gasteiger partial charge on any atom is 0.407 e. The minimum absolute atomic E-state index is 0.00136. The molecule has 0 spiro atoms. The van der Waals surface area contributed by atoms with Crippen LogP contribution in [0.2, 0.25) is 0 Å². The zero-order chi connectivity index (χ0) is 27.9. The van der Waals surface area contributed by atoms with E-state index in [4.69, 9.17) is 15.2 Å². The number of carbonyl (C=O) groups excluding carboxylic acids is 1. The summed E-state index contributed by atoms with van der Waals surface area (Å²) in [6.45, 7) is 10.1. The molecule has 10 nitrogen and oxygen atoms in total. The number of carbonyl (C=O) groups is 1. The molecule has 0 bridgehead atoms. The van der Waals surface area contributed by atoms with Crippen molar-refractivity contribution in [3.05, 3.63) is 59.7 Å². The Labute approximate surface area is 224 Å². The molecule has 11 heteroatoms. The molecular weight excluding hydrogens is 506 g/mol. The van der Waals surface area contributed by atoms with Gasteiger partial charge in [-0.1, -0.05) is 24.3 Å². The van der Waals surface area contributed by atoms with Crippen molar-refractivity contribution in [1.29, 1.82) is 0 Å². The van der Waals surface area contributed by atoms with Crippen LogP contribution in [0.1, 0.15) is 44.7 Å². The lowest BCUT2D eigenvalue weighted by molar-refractivity contribution is 0.0526. The third-order valence-corrected chi connectivity index (χ3v) is 6.65. The number of alkyl carbamates (subject to hydrolysis) is 1. The topological polar surface area (TPSA) is 146 Å². The molecule has 0 saturated heterocycles. The summed E-state index contributed by atoms with van der Waals surface area (Å²) in [5, 5.41) is 2.71. The molecule has 0 atom stereocenters. The molecule has 3 aromatic rings. The zero-order valence-corrected chi connectivity index (χ0v) is 23.2. The highest BCUT2D eigenvalue weighted by Gasteiger charge is 2.19. The summed E-state index contributed by atoms with van der Waals surface area (Å²) in [5.41, 5.74) is 8.89. The maximum atomic E-state index is 13.0. The third-order valence-electron chi connectivity index (χ3n) is 5.32. The highest BCUT2D eigenvalue weighted by atomic mass is 32.2. The van der Waals surface area contributed by atoms with E-state index in [0.717, 1.165) is 16.7 Å². The number of amides is 1. The van der Waals surface area contributed by atoms with Gasteiger partial charge in [0.05, 0.1) is 17.2 Å². The van der Waals surface area contributed by atoms with Gasteiger partial charge in [-0.05, 0) is 76.8 Å². The lowest BCUT2D eigenvalue weighted by Gasteiger charge is -2.19. The number of nitrogens with two attached hydrogens (primary N) is 1. The number of hydrogen-bond donors (Lipinski definition) is 3. The summed E-state index contributed by atoms with van der Waals surface area (Å²) in [7, 11) is -3.99. The molecule has 0 aliphatic carbocycles. The van der Waals surface area contributed by atoms with Crippen molar-refractivity contribution in [2.75, 3.05) is 23.6 Å². The number of nitrogen functional groups attached to an aromatic ring is 1. The van der Waals surface area contributed by atoms with E-state index in [1.807, 2.05) is 32.0 Å². The van der Waals surface area contributed by atoms with Gasteiger partial charge in [0.15, 0.2) is 0 Å². The Balaban J connectivity index is 1.76. The highest BCUT2D eigenvalue weighted by Crippen LogP contribution is 2.29. The third kappa shape index (κ3) is 8.34. The fraction of sp³-hybridized carbons (Fsp3) is 0.370. The number of aromatic nitrogens is 2. The van der Waals surface area contributed by atoms with Crippen LogP contribution in [0.5, 0.6) is 5.88 Å². The molecule has 0 radical (unpaired) electrons. The fourth-order valence-electron chi connectivity index (χ4n) is 3.66. The van der Waals surface area contributed by atoms with E-state index in [2.05, 4.69) is 20.0 Å². The molecule has 1 amide bonds. The maximum absolute atomic E-state index is 13.0. The van der Waals surface area contributed by atoms with E-state index in [1.165, 1.54) is 12.1 Å². The van der Waals surface area contributed by atoms with Crippen LogP contribution in [0.4, 0.5) is 16.4 Å². The smallest absolute Gasteiger partial charge is 0.407 e. The van der Waals surface area contributed by atoms with Crippen LogP contribution < -0.4 is 20.5 Å². The molecule has 1 aromatic heterocycles. The first-order chi connectivity index (χ1) is 17.8. The van der Waals surface area contributed by atoms with Gasteiger partial charge in [0, 0.05) is 23.9 Å². The molecule has 204 valence electrons. The predicted octanol–water partition coefficient (Wildman–Crippen LogP) is 4.83. The van der Waals surface area contributed by atoms with Gasteiger partial charge in [-0.25, -0.2) is 22.9 Å². The van der Waals surface area contributed by atoms with Gasteiger partial charge in [-0.15, -0.1) is 0 Å². The summed E-state index contributed by atoms with van der Waals surface area (Å²) in [4.78, 5) is 20.6. The van der Waals surface area contributed by atoms with Gasteiger partial charge in [0.2, 0.25) is 11.8 Å². The number of aryl methyl sites for hydroxylation is 2. The van der Waals surface area contributed by atoms with Crippen molar-refractivity contribution in [2.24, 2.45) is 0 Å². The molecule has 0 saturated carbocycles. The Kier molecular flexibility index (Phi) is 9.16. The standard InChI is InChI=1S/C27H35N5O5S/c1-18-10-8-11-19(2)24(18)22-17-23(36-15-7-6-14-29-26(33)37-27(3,4)5)31-25(30-22)32-38(34,35)21-13-9-12-20(28)16-21/h8-13,16-17H,6-7,14-15,28H2,1-5H3,(H,29,33)(H,30,31,32). The minimum Gasteiger partial charge on any atom is -0.478 e. The van der Waals surface area contributed by atoms with Gasteiger partial charge >= 0.3 is 6.09 Å². The first-order valence-electron chi connectivity index (χ1n) is 12.3. The Hall–Kier alpha value is -3.86. The lowest BCUT2D eigenvalue weighted by Crippen LogP contribution is -2.33. The molecule has 0 aliphatic rings. The van der Waals surface area contributed by atoms with Crippen LogP contribution in [0, 0.1) is 13.8 Å². The molecule has 1 heterocycles. The lowest BCUT2D eigenvalue weighted by atomic mass is 10.00.